The number of fused-ring (bicyclic) bond motifs is 19. The summed E-state index contributed by atoms with van der Waals surface area (Å²) in [5.74, 6) is 0.595. The van der Waals surface area contributed by atoms with Crippen LogP contribution in [0.4, 0.5) is 0 Å². The van der Waals surface area contributed by atoms with Gasteiger partial charge in [-0.15, -0.1) is 0 Å². The largest absolute Gasteiger partial charge is 0.309 e. The quantitative estimate of drug-likeness (QED) is 0.109. The monoisotopic (exact) mass is 1730 g/mol. The van der Waals surface area contributed by atoms with Crippen LogP contribution in [-0.4, -0.2) is 37.4 Å². The Hall–Kier alpha value is -18.2. The van der Waals surface area contributed by atoms with Gasteiger partial charge in [0.1, 0.15) is 0 Å². The molecular formula is C128H80N8. The third-order valence-electron chi connectivity index (χ3n) is 28.4. The maximum atomic E-state index is 6.04. The fourth-order valence-electron chi connectivity index (χ4n) is 22.2. The molecular weight excluding hydrogens is 1650 g/mol. The van der Waals surface area contributed by atoms with E-state index >= 15 is 0 Å². The summed E-state index contributed by atoms with van der Waals surface area (Å²) in [6, 6.07) is 179. The molecule has 0 spiro atoms. The molecule has 21 aromatic carbocycles. The van der Waals surface area contributed by atoms with Crippen molar-refractivity contribution in [2.75, 3.05) is 0 Å². The molecule has 0 fully saturated rings. The molecule has 7 aromatic heterocycles. The summed E-state index contributed by atoms with van der Waals surface area (Å²) in [5, 5.41) is 15.0. The first-order valence-corrected chi connectivity index (χ1v) is 46.6. The second-order valence-electron chi connectivity index (χ2n) is 35.9. The second kappa shape index (κ2) is 30.7. The minimum Gasteiger partial charge on any atom is -0.309 e. The predicted molar refractivity (Wildman–Crippen MR) is 569 cm³/mol. The van der Waals surface area contributed by atoms with Gasteiger partial charge in [-0.25, -0.2) is 9.97 Å². The van der Waals surface area contributed by atoms with Crippen LogP contribution in [0, 0.1) is 0 Å². The molecule has 0 amide bonds. The van der Waals surface area contributed by atoms with Crippen LogP contribution in [0.25, 0.3) is 265 Å². The number of rotatable bonds is 14. The molecule has 8 heteroatoms. The molecule has 8 nitrogen and oxygen atoms in total. The molecule has 28 rings (SSSR count). The minimum atomic E-state index is 0.595. The Morgan fingerprint density at radius 3 is 0.676 bits per heavy atom. The van der Waals surface area contributed by atoms with E-state index in [1.807, 2.05) is 0 Å². The SMILES string of the molecule is c1ccc(-c2ccc(-c3ccccc3)c(-c3nc(-c4cc(-n5c6ccc(-c7ccc8c(c7)c7ccccc7n8-c7ccccc7)cc6c6cc(-c7ccc8c(c7)c7ccccc7n8-c7ccccc7)ccc65)cc(-n5c6ccc(-c7ccc8c(c7)c7ccccc7n8-c7ccccc7)cc6c6cc(-c7ccc8c(c7)c7ccccc7n8-c7ccccc7)ccc65)c4)nc4ccccc34)c2)cc1. The molecule has 0 radical (unpaired) electrons. The average molecular weight is 1730 g/mol. The standard InChI is InChI=1S/C128H80N8/c1-7-29-81(30-8-1)83-51-60-99(82-31-9-2-10-32-82)113(79-83)127-104-45-19-24-46-114(104)129-128(130-127)92-69-97(135-123-65-56-88(84-52-61-119-105(71-84)100-41-20-25-47-115(100)131(119)93-33-11-3-12-34-93)75-109(123)110-76-89(57-66-124(110)135)85-53-62-120-106(72-85)101-42-21-26-48-116(101)132(120)94-35-13-4-14-36-94)80-98(70-92)136-125-67-58-90(86-54-63-121-107(73-86)102-43-22-27-49-117(102)133(121)95-37-15-5-16-38-95)77-111(125)112-78-91(59-68-126(112)136)87-55-64-122-108(74-87)103-44-23-28-50-118(103)134(122)96-39-17-6-18-40-96/h1-80H. The Morgan fingerprint density at radius 1 is 0.125 bits per heavy atom. The molecule has 632 valence electrons. The summed E-state index contributed by atoms with van der Waals surface area (Å²) in [4.78, 5) is 11.8. The third-order valence-corrected chi connectivity index (χ3v) is 28.4. The van der Waals surface area contributed by atoms with E-state index in [2.05, 4.69) is 513 Å². The Bertz CT molecular complexity index is 8900. The number of para-hydroxylation sites is 9. The van der Waals surface area contributed by atoms with E-state index in [0.717, 1.165) is 194 Å². The van der Waals surface area contributed by atoms with Crippen molar-refractivity contribution in [1.29, 1.82) is 0 Å². The zero-order valence-electron chi connectivity index (χ0n) is 73.8. The molecule has 7 heterocycles. The van der Waals surface area contributed by atoms with Crippen molar-refractivity contribution >= 4 is 142 Å². The summed E-state index contributed by atoms with van der Waals surface area (Å²) in [6.07, 6.45) is 0. The van der Waals surface area contributed by atoms with E-state index in [1.54, 1.807) is 0 Å². The van der Waals surface area contributed by atoms with Gasteiger partial charge in [0.25, 0.3) is 0 Å². The first kappa shape index (κ1) is 76.6. The lowest BCUT2D eigenvalue weighted by molar-refractivity contribution is 1.13. The van der Waals surface area contributed by atoms with Gasteiger partial charge in [-0.1, -0.05) is 285 Å². The molecule has 0 bridgehead atoms. The van der Waals surface area contributed by atoms with Gasteiger partial charge in [0.05, 0.1) is 77.4 Å². The molecule has 0 saturated carbocycles. The van der Waals surface area contributed by atoms with Gasteiger partial charge in [-0.3, -0.25) is 0 Å². The predicted octanol–water partition coefficient (Wildman–Crippen LogP) is 33.5. The summed E-state index contributed by atoms with van der Waals surface area (Å²) in [5.41, 5.74) is 36.8. The van der Waals surface area contributed by atoms with Gasteiger partial charge in [-0.2, -0.15) is 0 Å². The van der Waals surface area contributed by atoms with Gasteiger partial charge in [-0.05, 0) is 267 Å². The van der Waals surface area contributed by atoms with Crippen LogP contribution in [0.2, 0.25) is 0 Å². The molecule has 0 N–H and O–H groups in total. The molecule has 136 heavy (non-hydrogen) atoms. The van der Waals surface area contributed by atoms with Gasteiger partial charge < -0.3 is 27.4 Å². The van der Waals surface area contributed by atoms with Crippen molar-refractivity contribution in [3.05, 3.63) is 485 Å². The van der Waals surface area contributed by atoms with Crippen LogP contribution >= 0.6 is 0 Å². The van der Waals surface area contributed by atoms with Crippen molar-refractivity contribution in [3.8, 4) is 124 Å². The molecule has 0 unspecified atom stereocenters. The molecule has 0 saturated heterocycles. The summed E-state index contributed by atoms with van der Waals surface area (Å²) >= 11 is 0. The molecule has 0 aliphatic rings. The lowest BCUT2D eigenvalue weighted by atomic mass is 9.92. The van der Waals surface area contributed by atoms with Gasteiger partial charge in [0.15, 0.2) is 5.82 Å². The van der Waals surface area contributed by atoms with E-state index in [1.165, 1.54) is 65.2 Å². The van der Waals surface area contributed by atoms with Crippen molar-refractivity contribution in [3.63, 3.8) is 0 Å². The van der Waals surface area contributed by atoms with Crippen LogP contribution < -0.4 is 0 Å². The van der Waals surface area contributed by atoms with Crippen molar-refractivity contribution in [1.82, 2.24) is 37.4 Å². The molecule has 0 aliphatic heterocycles. The van der Waals surface area contributed by atoms with E-state index in [0.29, 0.717) is 5.82 Å². The van der Waals surface area contributed by atoms with E-state index < -0.39 is 0 Å². The molecule has 0 atom stereocenters. The maximum Gasteiger partial charge on any atom is 0.160 e. The zero-order chi connectivity index (χ0) is 89.2. The van der Waals surface area contributed by atoms with Crippen molar-refractivity contribution in [2.24, 2.45) is 0 Å². The second-order valence-corrected chi connectivity index (χ2v) is 35.9. The molecule has 0 aliphatic carbocycles. The summed E-state index contributed by atoms with van der Waals surface area (Å²) < 4.78 is 14.6. The fraction of sp³-hybridized carbons (Fsp3) is 0. The zero-order valence-corrected chi connectivity index (χ0v) is 73.8. The van der Waals surface area contributed by atoms with E-state index in [-0.39, 0.29) is 0 Å². The van der Waals surface area contributed by atoms with Crippen LogP contribution in [0.3, 0.4) is 0 Å². The van der Waals surface area contributed by atoms with Crippen molar-refractivity contribution in [2.45, 2.75) is 0 Å². The Labute approximate surface area is 782 Å². The highest BCUT2D eigenvalue weighted by atomic mass is 15.0. The first-order valence-electron chi connectivity index (χ1n) is 46.6. The lowest BCUT2D eigenvalue weighted by Crippen LogP contribution is -2.02. The minimum absolute atomic E-state index is 0.595. The topological polar surface area (TPSA) is 55.4 Å². The number of hydrogen-bond acceptors (Lipinski definition) is 2. The Kier molecular flexibility index (Phi) is 17.3. The summed E-state index contributed by atoms with van der Waals surface area (Å²) in [6.45, 7) is 0. The summed E-state index contributed by atoms with van der Waals surface area (Å²) in [7, 11) is 0. The number of hydrogen-bond donors (Lipinski definition) is 0. The fourth-order valence-corrected chi connectivity index (χ4v) is 22.2. The van der Waals surface area contributed by atoms with E-state index in [9.17, 15) is 0 Å². The normalized spacial score (nSPS) is 12.0. The van der Waals surface area contributed by atoms with Crippen LogP contribution in [0.5, 0.6) is 0 Å². The highest BCUT2D eigenvalue weighted by Gasteiger charge is 2.27. The van der Waals surface area contributed by atoms with Gasteiger partial charge in [0.2, 0.25) is 0 Å². The van der Waals surface area contributed by atoms with Gasteiger partial charge in [0, 0.05) is 115 Å². The van der Waals surface area contributed by atoms with Crippen LogP contribution in [-0.2, 0) is 0 Å². The maximum absolute atomic E-state index is 6.04. The van der Waals surface area contributed by atoms with E-state index in [4.69, 9.17) is 9.97 Å². The molecule has 28 aromatic rings. The Morgan fingerprint density at radius 2 is 0.360 bits per heavy atom. The lowest BCUT2D eigenvalue weighted by Gasteiger charge is -2.18. The van der Waals surface area contributed by atoms with Crippen LogP contribution in [0.1, 0.15) is 0 Å². The number of benzene rings is 21. The van der Waals surface area contributed by atoms with Crippen LogP contribution in [0.15, 0.2) is 485 Å². The number of nitrogens with zero attached hydrogens (tertiary/aromatic N) is 8. The highest BCUT2D eigenvalue weighted by molar-refractivity contribution is 6.19. The average Bonchev–Trinajstić information content (AvgIpc) is 1.55. The first-order chi connectivity index (χ1) is 67.4. The number of aromatic nitrogens is 8. The van der Waals surface area contributed by atoms with Gasteiger partial charge >= 0.3 is 0 Å². The smallest absolute Gasteiger partial charge is 0.160 e. The third kappa shape index (κ3) is 12.2. The Balaban J connectivity index is 0.705. The highest BCUT2D eigenvalue weighted by Crippen LogP contribution is 2.48. The van der Waals surface area contributed by atoms with Crippen molar-refractivity contribution < 1.29 is 0 Å².